The van der Waals surface area contributed by atoms with Gasteiger partial charge in [-0.2, -0.15) is 4.98 Å². The maximum atomic E-state index is 11.8. The minimum absolute atomic E-state index is 0.168. The Morgan fingerprint density at radius 2 is 2.33 bits per heavy atom. The van der Waals surface area contributed by atoms with E-state index < -0.39 is 24.1 Å². The highest BCUT2D eigenvalue weighted by Gasteiger charge is 2.41. The summed E-state index contributed by atoms with van der Waals surface area (Å²) in [5.41, 5.74) is 5.01. The van der Waals surface area contributed by atoms with Crippen LogP contribution in [0.2, 0.25) is 0 Å². The average molecular weight is 367 g/mol. The first-order valence-corrected chi connectivity index (χ1v) is 6.52. The van der Waals surface area contributed by atoms with Gasteiger partial charge >= 0.3 is 5.69 Å². The van der Waals surface area contributed by atoms with Crippen LogP contribution in [0.3, 0.4) is 0 Å². The predicted molar refractivity (Wildman–Crippen MR) is 71.8 cm³/mol. The van der Waals surface area contributed by atoms with Crippen molar-refractivity contribution >= 4 is 28.4 Å². The summed E-state index contributed by atoms with van der Waals surface area (Å²) in [4.78, 5) is 15.5. The minimum atomic E-state index is -0.817. The molecule has 0 radical (unpaired) electrons. The molecule has 8 heteroatoms. The van der Waals surface area contributed by atoms with Crippen LogP contribution in [0.4, 0.5) is 5.82 Å². The SMILES string of the molecule is C[C@H]1C(O)[C@@H](CO)O[C@H]1n1cc(I)c(N)nc1=O. The first-order valence-electron chi connectivity index (χ1n) is 5.44. The van der Waals surface area contributed by atoms with Gasteiger partial charge in [0.05, 0.1) is 16.3 Å². The summed E-state index contributed by atoms with van der Waals surface area (Å²) in [6, 6.07) is 0. The molecule has 4 atom stereocenters. The molecule has 4 N–H and O–H groups in total. The molecule has 1 unspecified atom stereocenters. The van der Waals surface area contributed by atoms with Crippen LogP contribution < -0.4 is 11.4 Å². The second-order valence-corrected chi connectivity index (χ2v) is 5.42. The average Bonchev–Trinajstić information content (AvgIpc) is 2.61. The molecule has 1 aromatic heterocycles. The summed E-state index contributed by atoms with van der Waals surface area (Å²) < 4.78 is 7.40. The number of hydrogen-bond donors (Lipinski definition) is 3. The molecule has 18 heavy (non-hydrogen) atoms. The lowest BCUT2D eigenvalue weighted by Gasteiger charge is -2.18. The summed E-state index contributed by atoms with van der Waals surface area (Å²) in [5, 5.41) is 18.9. The van der Waals surface area contributed by atoms with Crippen LogP contribution in [0.25, 0.3) is 0 Å². The molecule has 0 spiro atoms. The van der Waals surface area contributed by atoms with Crippen molar-refractivity contribution in [2.75, 3.05) is 12.3 Å². The summed E-state index contributed by atoms with van der Waals surface area (Å²) in [7, 11) is 0. The molecule has 0 aliphatic carbocycles. The Balaban J connectivity index is 2.39. The second-order valence-electron chi connectivity index (χ2n) is 4.26. The van der Waals surface area contributed by atoms with Crippen LogP contribution >= 0.6 is 22.6 Å². The van der Waals surface area contributed by atoms with E-state index in [-0.39, 0.29) is 18.3 Å². The van der Waals surface area contributed by atoms with Crippen LogP contribution in [0, 0.1) is 9.49 Å². The Morgan fingerprint density at radius 3 is 2.89 bits per heavy atom. The number of aromatic nitrogens is 2. The normalized spacial score (nSPS) is 31.8. The van der Waals surface area contributed by atoms with Crippen LogP contribution in [-0.2, 0) is 4.74 Å². The number of ether oxygens (including phenoxy) is 1. The third-order valence-electron chi connectivity index (χ3n) is 3.07. The number of nitrogens with zero attached hydrogens (tertiary/aromatic N) is 2. The van der Waals surface area contributed by atoms with Gasteiger partial charge in [0.25, 0.3) is 0 Å². The fourth-order valence-electron chi connectivity index (χ4n) is 2.00. The number of aliphatic hydroxyl groups is 2. The van der Waals surface area contributed by atoms with Gasteiger partial charge < -0.3 is 20.7 Å². The number of rotatable bonds is 2. The Kier molecular flexibility index (Phi) is 3.90. The molecule has 2 heterocycles. The number of anilines is 1. The lowest BCUT2D eigenvalue weighted by atomic mass is 10.0. The number of nitrogens with two attached hydrogens (primary N) is 1. The van der Waals surface area contributed by atoms with Gasteiger partial charge in [-0.3, -0.25) is 4.57 Å². The number of aliphatic hydroxyl groups excluding tert-OH is 2. The third kappa shape index (κ3) is 2.25. The molecule has 1 aliphatic rings. The van der Waals surface area contributed by atoms with E-state index in [4.69, 9.17) is 15.6 Å². The van der Waals surface area contributed by atoms with Gasteiger partial charge in [-0.15, -0.1) is 0 Å². The molecule has 1 aromatic rings. The zero-order valence-corrected chi connectivity index (χ0v) is 11.8. The maximum absolute atomic E-state index is 11.8. The van der Waals surface area contributed by atoms with Crippen molar-refractivity contribution in [2.24, 2.45) is 5.92 Å². The van der Waals surface area contributed by atoms with Gasteiger partial charge in [0.1, 0.15) is 18.1 Å². The van der Waals surface area contributed by atoms with Gasteiger partial charge in [0.15, 0.2) is 0 Å². The molecular formula is C10H14IN3O4. The summed E-state index contributed by atoms with van der Waals surface area (Å²) in [5.74, 6) is -0.150. The van der Waals surface area contributed by atoms with E-state index in [2.05, 4.69) is 4.98 Å². The maximum Gasteiger partial charge on any atom is 0.351 e. The van der Waals surface area contributed by atoms with Gasteiger partial charge in [-0.1, -0.05) is 6.92 Å². The molecule has 1 fully saturated rings. The molecule has 1 saturated heterocycles. The molecule has 0 amide bonds. The topological polar surface area (TPSA) is 111 Å². The zero-order valence-electron chi connectivity index (χ0n) is 9.65. The first kappa shape index (κ1) is 13.7. The Labute approximate surface area is 117 Å². The van der Waals surface area contributed by atoms with Crippen LogP contribution in [0.15, 0.2) is 11.0 Å². The number of hydrogen-bond acceptors (Lipinski definition) is 6. The standard InChI is InChI=1S/C10H14IN3O4/c1-4-7(16)6(3-15)18-9(4)14-2-5(11)8(12)13-10(14)17/h2,4,6-7,9,15-16H,3H2,1H3,(H2,12,13,17)/t4-,6+,7?,9+/m0/s1. The molecule has 0 bridgehead atoms. The lowest BCUT2D eigenvalue weighted by Crippen LogP contribution is -2.31. The van der Waals surface area contributed by atoms with E-state index in [9.17, 15) is 9.90 Å². The van der Waals surface area contributed by atoms with E-state index >= 15 is 0 Å². The van der Waals surface area contributed by atoms with E-state index in [0.717, 1.165) is 0 Å². The number of halogens is 1. The van der Waals surface area contributed by atoms with E-state index in [0.29, 0.717) is 3.57 Å². The smallest absolute Gasteiger partial charge is 0.351 e. The van der Waals surface area contributed by atoms with Gasteiger partial charge in [-0.25, -0.2) is 4.79 Å². The molecule has 2 rings (SSSR count). The third-order valence-corrected chi connectivity index (χ3v) is 3.90. The highest BCUT2D eigenvalue weighted by Crippen LogP contribution is 2.33. The second kappa shape index (κ2) is 5.11. The minimum Gasteiger partial charge on any atom is -0.394 e. The van der Waals surface area contributed by atoms with Crippen molar-refractivity contribution in [2.45, 2.75) is 25.4 Å². The Morgan fingerprint density at radius 1 is 1.67 bits per heavy atom. The summed E-state index contributed by atoms with van der Waals surface area (Å²) in [6.07, 6.45) is -0.612. The van der Waals surface area contributed by atoms with E-state index in [1.54, 1.807) is 13.1 Å². The number of nitrogen functional groups attached to an aromatic ring is 1. The van der Waals surface area contributed by atoms with Crippen LogP contribution in [0.1, 0.15) is 13.2 Å². The van der Waals surface area contributed by atoms with Crippen molar-refractivity contribution in [3.8, 4) is 0 Å². The Bertz CT molecular complexity index is 506. The van der Waals surface area contributed by atoms with Crippen molar-refractivity contribution in [1.82, 2.24) is 9.55 Å². The van der Waals surface area contributed by atoms with E-state index in [1.807, 2.05) is 22.6 Å². The fraction of sp³-hybridized carbons (Fsp3) is 0.600. The molecule has 1 aliphatic heterocycles. The van der Waals surface area contributed by atoms with Crippen LogP contribution in [-0.4, -0.2) is 38.6 Å². The fourth-order valence-corrected chi connectivity index (χ4v) is 2.42. The van der Waals surface area contributed by atoms with Gasteiger partial charge in [-0.05, 0) is 22.6 Å². The predicted octanol–water partition coefficient (Wildman–Crippen LogP) is -0.683. The molecule has 100 valence electrons. The Hall–Kier alpha value is -0.710. The summed E-state index contributed by atoms with van der Waals surface area (Å²) >= 11 is 1.97. The summed E-state index contributed by atoms with van der Waals surface area (Å²) in [6.45, 7) is 1.46. The van der Waals surface area contributed by atoms with E-state index in [1.165, 1.54) is 4.57 Å². The quantitative estimate of drug-likeness (QED) is 0.598. The van der Waals surface area contributed by atoms with Gasteiger partial charge in [0, 0.05) is 12.1 Å². The zero-order chi connectivity index (χ0) is 13.4. The van der Waals surface area contributed by atoms with Crippen LogP contribution in [0.5, 0.6) is 0 Å². The largest absolute Gasteiger partial charge is 0.394 e. The van der Waals surface area contributed by atoms with Crippen molar-refractivity contribution in [1.29, 1.82) is 0 Å². The lowest BCUT2D eigenvalue weighted by molar-refractivity contribution is -0.0477. The highest BCUT2D eigenvalue weighted by atomic mass is 127. The molecule has 0 saturated carbocycles. The molecule has 0 aromatic carbocycles. The van der Waals surface area contributed by atoms with Crippen molar-refractivity contribution in [3.63, 3.8) is 0 Å². The first-order chi connectivity index (χ1) is 8.45. The van der Waals surface area contributed by atoms with Crippen molar-refractivity contribution in [3.05, 3.63) is 20.3 Å². The van der Waals surface area contributed by atoms with Gasteiger partial charge in [0.2, 0.25) is 0 Å². The highest BCUT2D eigenvalue weighted by molar-refractivity contribution is 14.1. The molecule has 7 nitrogen and oxygen atoms in total. The monoisotopic (exact) mass is 367 g/mol. The molecular weight excluding hydrogens is 353 g/mol. The van der Waals surface area contributed by atoms with Crippen molar-refractivity contribution < 1.29 is 14.9 Å².